The van der Waals surface area contributed by atoms with Crippen LogP contribution in [0.15, 0.2) is 64.8 Å². The van der Waals surface area contributed by atoms with E-state index < -0.39 is 0 Å². The lowest BCUT2D eigenvalue weighted by Gasteiger charge is -2.22. The van der Waals surface area contributed by atoms with E-state index >= 15 is 0 Å². The number of carbonyl (C=O) groups is 1. The van der Waals surface area contributed by atoms with Gasteiger partial charge in [-0.3, -0.25) is 9.59 Å². The molecule has 5 nitrogen and oxygen atoms in total. The van der Waals surface area contributed by atoms with E-state index in [1.54, 1.807) is 24.5 Å². The van der Waals surface area contributed by atoms with Gasteiger partial charge in [0.1, 0.15) is 0 Å². The van der Waals surface area contributed by atoms with Gasteiger partial charge in [-0.25, -0.2) is 4.68 Å². The lowest BCUT2D eigenvalue weighted by Crippen LogP contribution is -2.31. The Morgan fingerprint density at radius 2 is 1.84 bits per heavy atom. The Balaban J connectivity index is 1.45. The number of hydrogen-bond donors (Lipinski definition) is 1. The lowest BCUT2D eigenvalue weighted by molar-refractivity contribution is -0.121. The average molecular weight is 444 g/mol. The second kappa shape index (κ2) is 8.71. The standard InChI is InChI=1S/C26H25N3O2S/c1-29-26(31)21-10-5-4-9-20(21)22(28-29)16-24(30)27-25(23-11-6-14-32-23)19-13-12-17-7-2-3-8-18(17)15-19/h4-6,9-15,25H,2-3,7-8,16H2,1H3,(H,27,30)/t25-/m0/s1. The van der Waals surface area contributed by atoms with Crippen molar-refractivity contribution in [2.45, 2.75) is 38.1 Å². The van der Waals surface area contributed by atoms with Crippen LogP contribution in [0.2, 0.25) is 0 Å². The third-order valence-corrected chi connectivity index (χ3v) is 7.14. The van der Waals surface area contributed by atoms with Gasteiger partial charge in [0.05, 0.1) is 23.5 Å². The molecular weight excluding hydrogens is 418 g/mol. The van der Waals surface area contributed by atoms with Crippen LogP contribution in [0.4, 0.5) is 0 Å². The first-order chi connectivity index (χ1) is 15.6. The Bertz CT molecular complexity index is 1340. The Morgan fingerprint density at radius 1 is 1.06 bits per heavy atom. The second-order valence-corrected chi connectivity index (χ2v) is 9.33. The van der Waals surface area contributed by atoms with Gasteiger partial charge in [0, 0.05) is 17.3 Å². The van der Waals surface area contributed by atoms with E-state index in [1.807, 2.05) is 29.6 Å². The van der Waals surface area contributed by atoms with Gasteiger partial charge in [0.25, 0.3) is 5.56 Å². The van der Waals surface area contributed by atoms with Crippen LogP contribution in [0.3, 0.4) is 0 Å². The highest BCUT2D eigenvalue weighted by Crippen LogP contribution is 2.30. The van der Waals surface area contributed by atoms with E-state index in [-0.39, 0.29) is 23.9 Å². The molecule has 0 spiro atoms. The van der Waals surface area contributed by atoms with Gasteiger partial charge >= 0.3 is 0 Å². The number of hydrogen-bond acceptors (Lipinski definition) is 4. The van der Waals surface area contributed by atoms with Gasteiger partial charge in [0.15, 0.2) is 0 Å². The molecule has 162 valence electrons. The van der Waals surface area contributed by atoms with Crippen LogP contribution < -0.4 is 10.9 Å². The smallest absolute Gasteiger partial charge is 0.274 e. The third kappa shape index (κ3) is 3.98. The summed E-state index contributed by atoms with van der Waals surface area (Å²) in [7, 11) is 1.62. The molecule has 2 aromatic carbocycles. The molecule has 1 N–H and O–H groups in total. The van der Waals surface area contributed by atoms with E-state index in [1.165, 1.54) is 28.7 Å². The molecule has 0 bridgehead atoms. The van der Waals surface area contributed by atoms with E-state index in [4.69, 9.17) is 0 Å². The molecule has 1 atom stereocenters. The van der Waals surface area contributed by atoms with Crippen LogP contribution in [0.1, 0.15) is 46.1 Å². The Morgan fingerprint density at radius 3 is 2.62 bits per heavy atom. The van der Waals surface area contributed by atoms with Gasteiger partial charge in [-0.05, 0) is 59.9 Å². The fourth-order valence-corrected chi connectivity index (χ4v) is 5.38. The van der Waals surface area contributed by atoms with Crippen molar-refractivity contribution in [1.82, 2.24) is 15.1 Å². The summed E-state index contributed by atoms with van der Waals surface area (Å²) in [4.78, 5) is 26.7. The fraction of sp³-hybridized carbons (Fsp3) is 0.269. The highest BCUT2D eigenvalue weighted by Gasteiger charge is 2.21. The second-order valence-electron chi connectivity index (χ2n) is 8.35. The van der Waals surface area contributed by atoms with Gasteiger partial charge in [0.2, 0.25) is 5.91 Å². The Labute approximate surface area is 190 Å². The number of aryl methyl sites for hydroxylation is 3. The zero-order valence-corrected chi connectivity index (χ0v) is 18.8. The molecule has 0 saturated carbocycles. The summed E-state index contributed by atoms with van der Waals surface area (Å²) in [5, 5.41) is 11.0. The third-order valence-electron chi connectivity index (χ3n) is 6.20. The summed E-state index contributed by atoms with van der Waals surface area (Å²) in [6.45, 7) is 0. The molecular formula is C26H25N3O2S. The van der Waals surface area contributed by atoms with Crippen LogP contribution in [0.5, 0.6) is 0 Å². The number of aromatic nitrogens is 2. The summed E-state index contributed by atoms with van der Waals surface area (Å²) >= 11 is 1.64. The van der Waals surface area contributed by atoms with Crippen molar-refractivity contribution in [1.29, 1.82) is 0 Å². The van der Waals surface area contributed by atoms with Crippen molar-refractivity contribution < 1.29 is 4.79 Å². The molecule has 5 rings (SSSR count). The average Bonchev–Trinajstić information content (AvgIpc) is 3.35. The number of nitrogens with one attached hydrogen (secondary N) is 1. The monoisotopic (exact) mass is 443 g/mol. The lowest BCUT2D eigenvalue weighted by atomic mass is 9.89. The fourth-order valence-electron chi connectivity index (χ4n) is 4.58. The van der Waals surface area contributed by atoms with E-state index in [2.05, 4.69) is 34.7 Å². The highest BCUT2D eigenvalue weighted by atomic mass is 32.1. The molecule has 0 saturated heterocycles. The number of nitrogens with zero attached hydrogens (tertiary/aromatic N) is 2. The molecule has 2 aromatic heterocycles. The zero-order valence-electron chi connectivity index (χ0n) is 18.0. The van der Waals surface area contributed by atoms with E-state index in [0.717, 1.165) is 28.7 Å². The maximum absolute atomic E-state index is 13.2. The molecule has 1 amide bonds. The van der Waals surface area contributed by atoms with Crippen LogP contribution in [-0.4, -0.2) is 15.7 Å². The minimum absolute atomic E-state index is 0.113. The molecule has 1 aliphatic carbocycles. The molecule has 0 radical (unpaired) electrons. The summed E-state index contributed by atoms with van der Waals surface area (Å²) in [5.41, 5.74) is 4.39. The van der Waals surface area contributed by atoms with Crippen molar-refractivity contribution >= 4 is 28.0 Å². The van der Waals surface area contributed by atoms with Crippen LogP contribution >= 0.6 is 11.3 Å². The first kappa shape index (κ1) is 20.6. The van der Waals surface area contributed by atoms with E-state index in [9.17, 15) is 9.59 Å². The zero-order chi connectivity index (χ0) is 22.1. The van der Waals surface area contributed by atoms with Gasteiger partial charge in [-0.2, -0.15) is 5.10 Å². The number of rotatable bonds is 5. The highest BCUT2D eigenvalue weighted by molar-refractivity contribution is 7.10. The summed E-state index contributed by atoms with van der Waals surface area (Å²) in [6, 6.07) is 17.8. The largest absolute Gasteiger partial charge is 0.344 e. The number of thiophene rings is 1. The maximum Gasteiger partial charge on any atom is 0.274 e. The summed E-state index contributed by atoms with van der Waals surface area (Å²) in [5.74, 6) is -0.113. The molecule has 32 heavy (non-hydrogen) atoms. The Hall–Kier alpha value is -3.25. The van der Waals surface area contributed by atoms with Crippen LogP contribution in [0.25, 0.3) is 10.8 Å². The predicted molar refractivity (Wildman–Crippen MR) is 128 cm³/mol. The molecule has 1 aliphatic rings. The first-order valence-corrected chi connectivity index (χ1v) is 11.9. The molecule has 0 unspecified atom stereocenters. The van der Waals surface area contributed by atoms with Gasteiger partial charge in [-0.15, -0.1) is 11.3 Å². The summed E-state index contributed by atoms with van der Waals surface area (Å²) < 4.78 is 1.31. The Kier molecular flexibility index (Phi) is 5.62. The molecule has 6 heteroatoms. The van der Waals surface area contributed by atoms with Crippen molar-refractivity contribution in [3.8, 4) is 0 Å². The van der Waals surface area contributed by atoms with Gasteiger partial charge in [-0.1, -0.05) is 42.5 Å². The summed E-state index contributed by atoms with van der Waals surface area (Å²) in [6.07, 6.45) is 4.82. The van der Waals surface area contributed by atoms with Crippen molar-refractivity contribution in [3.63, 3.8) is 0 Å². The minimum atomic E-state index is -0.200. The first-order valence-electron chi connectivity index (χ1n) is 11.0. The SMILES string of the molecule is Cn1nc(CC(=O)N[C@@H](c2ccc3c(c2)CCCC3)c2cccs2)c2ccccc2c1=O. The normalized spacial score (nSPS) is 14.2. The number of amides is 1. The van der Waals surface area contributed by atoms with Gasteiger partial charge < -0.3 is 5.32 Å². The topological polar surface area (TPSA) is 64.0 Å². The minimum Gasteiger partial charge on any atom is -0.344 e. The molecule has 2 heterocycles. The number of benzene rings is 2. The van der Waals surface area contributed by atoms with Crippen molar-refractivity contribution in [3.05, 3.63) is 97.6 Å². The number of carbonyl (C=O) groups excluding carboxylic acids is 1. The predicted octanol–water partition coefficient (Wildman–Crippen LogP) is 4.32. The van der Waals surface area contributed by atoms with Crippen molar-refractivity contribution in [2.75, 3.05) is 0 Å². The molecule has 0 fully saturated rings. The number of fused-ring (bicyclic) bond motifs is 2. The van der Waals surface area contributed by atoms with Crippen molar-refractivity contribution in [2.24, 2.45) is 7.05 Å². The van der Waals surface area contributed by atoms with Crippen LogP contribution in [0, 0.1) is 0 Å². The van der Waals surface area contributed by atoms with Crippen LogP contribution in [-0.2, 0) is 31.1 Å². The molecule has 0 aliphatic heterocycles. The van der Waals surface area contributed by atoms with E-state index in [0.29, 0.717) is 11.1 Å². The quantitative estimate of drug-likeness (QED) is 0.500. The maximum atomic E-state index is 13.2. The molecule has 4 aromatic rings.